The van der Waals surface area contributed by atoms with Crippen molar-refractivity contribution in [2.24, 2.45) is 11.8 Å². The third-order valence-electron chi connectivity index (χ3n) is 10.4. The number of aromatic amines is 2. The number of carbonyl (C=O) groups is 3. The number of ether oxygens (including phenoxy) is 2. The summed E-state index contributed by atoms with van der Waals surface area (Å²) in [5.41, 5.74) is 5.76. The van der Waals surface area contributed by atoms with Crippen LogP contribution in [0, 0.1) is 11.8 Å². The summed E-state index contributed by atoms with van der Waals surface area (Å²) < 4.78 is 10.7. The summed E-state index contributed by atoms with van der Waals surface area (Å²) in [5.74, 6) is 1.47. The molecule has 0 radical (unpaired) electrons. The van der Waals surface area contributed by atoms with Gasteiger partial charge in [0, 0.05) is 25.8 Å². The van der Waals surface area contributed by atoms with E-state index in [1.54, 1.807) is 7.11 Å². The number of hydrogen-bond donors (Lipinski definition) is 4. The van der Waals surface area contributed by atoms with E-state index in [1.807, 2.05) is 43.7 Å². The van der Waals surface area contributed by atoms with E-state index in [4.69, 9.17) is 14.5 Å². The Hall–Kier alpha value is -4.53. The first-order valence-corrected chi connectivity index (χ1v) is 19.5. The van der Waals surface area contributed by atoms with Crippen LogP contribution in [0.2, 0.25) is 0 Å². The van der Waals surface area contributed by atoms with E-state index in [0.717, 1.165) is 75.6 Å². The van der Waals surface area contributed by atoms with Crippen molar-refractivity contribution >= 4 is 33.8 Å². The largest absolute Gasteiger partial charge is 0.453 e. The summed E-state index contributed by atoms with van der Waals surface area (Å²) in [4.78, 5) is 59.4. The number of carbonyl (C=O) groups excluding carboxylic acids is 3. The lowest BCUT2D eigenvalue weighted by atomic mass is 10.0. The Morgan fingerprint density at radius 3 is 1.89 bits per heavy atom. The van der Waals surface area contributed by atoms with Crippen molar-refractivity contribution < 1.29 is 23.9 Å². The van der Waals surface area contributed by atoms with Gasteiger partial charge in [-0.25, -0.2) is 14.8 Å². The maximum absolute atomic E-state index is 13.6. The highest BCUT2D eigenvalue weighted by Gasteiger charge is 2.38. The zero-order valence-electron chi connectivity index (χ0n) is 31.8. The molecule has 2 aliphatic rings. The molecule has 2 saturated heterocycles. The SMILES string of the molecule is COCNC(C(=O)N1CCCC1c1nc(-c2ccc(-c3ccc(-c4cnc(C5CCCN5C(=O)C(NC(=O)OC)C(C)C)[nH]4)cc3)cc2)c(Br)[nH]1)C(C)C. The summed E-state index contributed by atoms with van der Waals surface area (Å²) in [6.45, 7) is 9.51. The van der Waals surface area contributed by atoms with Gasteiger partial charge >= 0.3 is 6.09 Å². The van der Waals surface area contributed by atoms with Gasteiger partial charge in [-0.3, -0.25) is 14.9 Å². The lowest BCUT2D eigenvalue weighted by Gasteiger charge is -2.30. The number of hydrogen-bond acceptors (Lipinski definition) is 8. The number of methoxy groups -OCH3 is 2. The third kappa shape index (κ3) is 8.40. The Labute approximate surface area is 325 Å². The molecule has 4 heterocycles. The molecule has 4 aromatic rings. The zero-order valence-corrected chi connectivity index (χ0v) is 33.4. The van der Waals surface area contributed by atoms with Crippen molar-refractivity contribution in [3.8, 4) is 33.6 Å². The van der Waals surface area contributed by atoms with Crippen molar-refractivity contribution in [1.82, 2.24) is 40.4 Å². The van der Waals surface area contributed by atoms with Crippen LogP contribution in [0.15, 0.2) is 59.3 Å². The van der Waals surface area contributed by atoms with Crippen LogP contribution in [0.4, 0.5) is 4.79 Å². The molecule has 0 bridgehead atoms. The number of benzene rings is 2. The fourth-order valence-electron chi connectivity index (χ4n) is 7.50. The quantitative estimate of drug-likeness (QED) is 0.107. The average molecular weight is 804 g/mol. The molecule has 4 N–H and O–H groups in total. The van der Waals surface area contributed by atoms with Crippen LogP contribution < -0.4 is 10.6 Å². The number of likely N-dealkylation sites (tertiary alicyclic amines) is 2. The second-order valence-corrected chi connectivity index (χ2v) is 15.5. The minimum Gasteiger partial charge on any atom is -0.453 e. The maximum atomic E-state index is 13.6. The van der Waals surface area contributed by atoms with Crippen LogP contribution in [-0.2, 0) is 19.1 Å². The number of halogens is 1. The predicted octanol–water partition coefficient (Wildman–Crippen LogP) is 6.82. The van der Waals surface area contributed by atoms with Gasteiger partial charge < -0.3 is 34.6 Å². The average Bonchev–Trinajstić information content (AvgIpc) is 4.00. The second-order valence-electron chi connectivity index (χ2n) is 14.7. The van der Waals surface area contributed by atoms with Crippen molar-refractivity contribution in [1.29, 1.82) is 0 Å². The molecular formula is C40H51BrN8O5. The summed E-state index contributed by atoms with van der Waals surface area (Å²) in [7, 11) is 2.91. The molecule has 4 unspecified atom stereocenters. The van der Waals surface area contributed by atoms with Gasteiger partial charge in [0.05, 0.1) is 43.9 Å². The Morgan fingerprint density at radius 2 is 1.33 bits per heavy atom. The smallest absolute Gasteiger partial charge is 0.407 e. The number of nitrogens with zero attached hydrogens (tertiary/aromatic N) is 4. The molecule has 4 atom stereocenters. The molecule has 2 fully saturated rings. The number of aromatic nitrogens is 4. The molecule has 14 heteroatoms. The Balaban J connectivity index is 1.12. The van der Waals surface area contributed by atoms with E-state index in [2.05, 4.69) is 90.0 Å². The van der Waals surface area contributed by atoms with E-state index in [0.29, 0.717) is 19.8 Å². The molecular weight excluding hydrogens is 752 g/mol. The lowest BCUT2D eigenvalue weighted by Crippen LogP contribution is -2.51. The minimum absolute atomic E-state index is 0.0699. The normalized spacial score (nSPS) is 18.4. The molecule has 2 aliphatic heterocycles. The minimum atomic E-state index is -0.681. The highest BCUT2D eigenvalue weighted by Crippen LogP contribution is 2.37. The van der Waals surface area contributed by atoms with Gasteiger partial charge in [-0.2, -0.15) is 0 Å². The number of rotatable bonds is 13. The predicted molar refractivity (Wildman–Crippen MR) is 210 cm³/mol. The fraction of sp³-hybridized carbons (Fsp3) is 0.475. The number of amides is 3. The molecule has 2 aromatic heterocycles. The van der Waals surface area contributed by atoms with E-state index in [-0.39, 0.29) is 41.8 Å². The zero-order chi connectivity index (χ0) is 38.5. The fourth-order valence-corrected chi connectivity index (χ4v) is 8.02. The van der Waals surface area contributed by atoms with Crippen molar-refractivity contribution in [2.45, 2.75) is 77.5 Å². The van der Waals surface area contributed by atoms with Crippen LogP contribution >= 0.6 is 15.9 Å². The highest BCUT2D eigenvalue weighted by molar-refractivity contribution is 9.10. The number of alkyl carbamates (subject to hydrolysis) is 1. The van der Waals surface area contributed by atoms with Gasteiger partial charge in [0.25, 0.3) is 0 Å². The number of nitrogens with one attached hydrogen (secondary N) is 4. The van der Waals surface area contributed by atoms with Gasteiger partial charge in [-0.15, -0.1) is 0 Å². The van der Waals surface area contributed by atoms with Crippen LogP contribution in [0.3, 0.4) is 0 Å². The molecule has 13 nitrogen and oxygen atoms in total. The standard InChI is InChI=1S/C40H51BrN8O5/c1-23(2)32(43-22-53-5)38(50)49-20-8-10-31(49)37-45-34(35(41)47-37)28-17-13-26(14-18-28)25-11-15-27(16-12-25)29-21-42-36(44-29)30-9-7-19-48(30)39(51)33(24(3)4)46-40(52)54-6/h11-18,21,23-24,30-33,43H,7-10,19-20,22H2,1-6H3,(H,42,44)(H,45,47)(H,46,52). The monoisotopic (exact) mass is 802 g/mol. The van der Waals surface area contributed by atoms with E-state index in [1.165, 1.54) is 7.11 Å². The van der Waals surface area contributed by atoms with Crippen LogP contribution in [0.1, 0.15) is 77.1 Å². The molecule has 54 heavy (non-hydrogen) atoms. The van der Waals surface area contributed by atoms with Crippen LogP contribution in [0.25, 0.3) is 33.6 Å². The summed E-state index contributed by atoms with van der Waals surface area (Å²) in [6.07, 6.45) is 4.61. The van der Waals surface area contributed by atoms with Crippen molar-refractivity contribution in [3.05, 3.63) is 71.0 Å². The number of H-pyrrole nitrogens is 2. The third-order valence-corrected chi connectivity index (χ3v) is 11.0. The molecule has 3 amide bonds. The second kappa shape index (κ2) is 17.3. The Kier molecular flexibility index (Phi) is 12.5. The first-order chi connectivity index (χ1) is 26.0. The van der Waals surface area contributed by atoms with Crippen LogP contribution in [-0.4, -0.2) is 93.8 Å². The molecule has 2 aromatic carbocycles. The van der Waals surface area contributed by atoms with Crippen molar-refractivity contribution in [3.63, 3.8) is 0 Å². The van der Waals surface area contributed by atoms with E-state index >= 15 is 0 Å². The first kappa shape index (κ1) is 39.2. The first-order valence-electron chi connectivity index (χ1n) is 18.7. The molecule has 0 spiro atoms. The number of imidazole rings is 2. The van der Waals surface area contributed by atoms with E-state index < -0.39 is 12.1 Å². The highest BCUT2D eigenvalue weighted by atomic mass is 79.9. The van der Waals surface area contributed by atoms with Gasteiger partial charge in [-0.05, 0) is 70.1 Å². The van der Waals surface area contributed by atoms with Gasteiger partial charge in [-0.1, -0.05) is 76.2 Å². The Bertz CT molecular complexity index is 1910. The lowest BCUT2D eigenvalue weighted by molar-refractivity contribution is -0.136. The molecule has 288 valence electrons. The molecule has 0 aliphatic carbocycles. The van der Waals surface area contributed by atoms with Crippen LogP contribution in [0.5, 0.6) is 0 Å². The Morgan fingerprint density at radius 1 is 0.796 bits per heavy atom. The topological polar surface area (TPSA) is 158 Å². The summed E-state index contributed by atoms with van der Waals surface area (Å²) in [5, 5.41) is 5.93. The summed E-state index contributed by atoms with van der Waals surface area (Å²) >= 11 is 3.70. The van der Waals surface area contributed by atoms with Gasteiger partial charge in [0.1, 0.15) is 28.0 Å². The molecule has 6 rings (SSSR count). The summed E-state index contributed by atoms with van der Waals surface area (Å²) in [6, 6.07) is 15.3. The van der Waals surface area contributed by atoms with Gasteiger partial charge in [0.2, 0.25) is 11.8 Å². The molecule has 0 saturated carbocycles. The van der Waals surface area contributed by atoms with Gasteiger partial charge in [0.15, 0.2) is 0 Å². The van der Waals surface area contributed by atoms with E-state index in [9.17, 15) is 14.4 Å². The maximum Gasteiger partial charge on any atom is 0.407 e. The van der Waals surface area contributed by atoms with Crippen molar-refractivity contribution in [2.75, 3.05) is 34.0 Å².